The van der Waals surface area contributed by atoms with E-state index in [9.17, 15) is 9.59 Å². The highest BCUT2D eigenvalue weighted by Crippen LogP contribution is 2.02. The molecule has 2 heteroatoms. The molecule has 0 rings (SSSR count). The normalized spacial score (nSPS) is 8.90. The van der Waals surface area contributed by atoms with Crippen molar-refractivity contribution in [3.63, 3.8) is 0 Å². The summed E-state index contributed by atoms with van der Waals surface area (Å²) in [7, 11) is 0. The number of hydrogen-bond acceptors (Lipinski definition) is 2. The van der Waals surface area contributed by atoms with Gasteiger partial charge >= 0.3 is 0 Å². The number of aldehydes is 1. The Morgan fingerprint density at radius 1 is 1.50 bits per heavy atom. The second-order valence-corrected chi connectivity index (χ2v) is 2.39. The van der Waals surface area contributed by atoms with Crippen LogP contribution in [0.4, 0.5) is 0 Å². The summed E-state index contributed by atoms with van der Waals surface area (Å²) < 4.78 is 0. The second-order valence-electron chi connectivity index (χ2n) is 2.39. The van der Waals surface area contributed by atoms with E-state index in [1.54, 1.807) is 0 Å². The molecule has 0 aromatic rings. The van der Waals surface area contributed by atoms with Gasteiger partial charge in [-0.3, -0.25) is 9.59 Å². The summed E-state index contributed by atoms with van der Waals surface area (Å²) in [5.74, 6) is -0.318. The molecule has 0 aliphatic rings. The molecule has 0 heterocycles. The van der Waals surface area contributed by atoms with E-state index in [2.05, 4.69) is 6.58 Å². The molecule has 0 unspecified atom stereocenters. The Kier molecular flexibility index (Phi) is 4.46. The maximum atomic E-state index is 10.4. The maximum Gasteiger partial charge on any atom is 0.195 e. The van der Waals surface area contributed by atoms with Crippen molar-refractivity contribution in [1.29, 1.82) is 0 Å². The van der Waals surface area contributed by atoms with Gasteiger partial charge < -0.3 is 0 Å². The number of allylic oxidation sites excluding steroid dienone is 1. The van der Waals surface area contributed by atoms with Crippen molar-refractivity contribution in [2.45, 2.75) is 26.2 Å². The molecule has 0 saturated heterocycles. The van der Waals surface area contributed by atoms with E-state index >= 15 is 0 Å². The fourth-order valence-electron chi connectivity index (χ4n) is 0.623. The minimum Gasteiger partial charge on any atom is -0.295 e. The van der Waals surface area contributed by atoms with Crippen LogP contribution < -0.4 is 0 Å². The van der Waals surface area contributed by atoms with Crippen molar-refractivity contribution in [1.82, 2.24) is 0 Å². The van der Waals surface area contributed by atoms with E-state index in [0.717, 1.165) is 18.4 Å². The zero-order valence-corrected chi connectivity index (χ0v) is 6.22. The Hall–Kier alpha value is -0.920. The van der Waals surface area contributed by atoms with Crippen molar-refractivity contribution in [3.8, 4) is 0 Å². The Labute approximate surface area is 60.9 Å². The molecule has 0 aliphatic heterocycles. The predicted octanol–water partition coefficient (Wildman–Crippen LogP) is 1.50. The Balaban J connectivity index is 3.28. The number of ketones is 1. The van der Waals surface area contributed by atoms with Gasteiger partial charge in [0.15, 0.2) is 12.1 Å². The molecule has 0 aliphatic carbocycles. The number of rotatable bonds is 5. The minimum atomic E-state index is -0.318. The molecule has 0 atom stereocenters. The maximum absolute atomic E-state index is 10.4. The van der Waals surface area contributed by atoms with Crippen LogP contribution in [0.15, 0.2) is 12.2 Å². The van der Waals surface area contributed by atoms with Crippen molar-refractivity contribution < 1.29 is 9.59 Å². The van der Waals surface area contributed by atoms with Crippen LogP contribution in [0.25, 0.3) is 0 Å². The topological polar surface area (TPSA) is 34.1 Å². The van der Waals surface area contributed by atoms with Crippen LogP contribution in [-0.4, -0.2) is 12.1 Å². The molecular weight excluding hydrogens is 128 g/mol. The van der Waals surface area contributed by atoms with Crippen LogP contribution in [0.2, 0.25) is 0 Å². The zero-order chi connectivity index (χ0) is 7.98. The van der Waals surface area contributed by atoms with Gasteiger partial charge in [0.05, 0.1) is 0 Å². The first kappa shape index (κ1) is 9.08. The first-order valence-corrected chi connectivity index (χ1v) is 3.29. The van der Waals surface area contributed by atoms with E-state index in [0.29, 0.717) is 12.7 Å². The van der Waals surface area contributed by atoms with Crippen molar-refractivity contribution >= 4 is 12.1 Å². The summed E-state index contributed by atoms with van der Waals surface area (Å²) >= 11 is 0. The van der Waals surface area contributed by atoms with E-state index < -0.39 is 0 Å². The SMILES string of the molecule is C=C(C)CCCC(=O)C=O. The average molecular weight is 140 g/mol. The summed E-state index contributed by atoms with van der Waals surface area (Å²) in [4.78, 5) is 20.2. The molecular formula is C8H12O2. The molecule has 0 aromatic heterocycles. The lowest BCUT2D eigenvalue weighted by Gasteiger charge is -1.94. The predicted molar refractivity (Wildman–Crippen MR) is 39.7 cm³/mol. The monoisotopic (exact) mass is 140 g/mol. The highest BCUT2D eigenvalue weighted by molar-refractivity contribution is 6.24. The fourth-order valence-corrected chi connectivity index (χ4v) is 0.623. The quantitative estimate of drug-likeness (QED) is 0.329. The lowest BCUT2D eigenvalue weighted by Crippen LogP contribution is -1.97. The van der Waals surface area contributed by atoms with Crippen molar-refractivity contribution in [2.24, 2.45) is 0 Å². The molecule has 0 bridgehead atoms. The molecule has 0 amide bonds. The summed E-state index contributed by atoms with van der Waals surface area (Å²) in [5.41, 5.74) is 1.05. The van der Waals surface area contributed by atoms with E-state index in [4.69, 9.17) is 0 Å². The zero-order valence-electron chi connectivity index (χ0n) is 6.22. The molecule has 56 valence electrons. The van der Waals surface area contributed by atoms with Crippen LogP contribution in [0.5, 0.6) is 0 Å². The van der Waals surface area contributed by atoms with Crippen LogP contribution in [-0.2, 0) is 9.59 Å². The third kappa shape index (κ3) is 5.22. The van der Waals surface area contributed by atoms with Gasteiger partial charge in [-0.25, -0.2) is 0 Å². The van der Waals surface area contributed by atoms with E-state index in [1.165, 1.54) is 0 Å². The number of Topliss-reactive ketones (excluding diaryl/α,β-unsaturated/α-hetero) is 1. The molecule has 0 N–H and O–H groups in total. The van der Waals surface area contributed by atoms with Crippen LogP contribution in [0.1, 0.15) is 26.2 Å². The standard InChI is InChI=1S/C8H12O2/c1-7(2)4-3-5-8(10)6-9/h6H,1,3-5H2,2H3. The summed E-state index contributed by atoms with van der Waals surface area (Å²) in [6, 6.07) is 0. The number of carbonyl (C=O) groups is 2. The highest BCUT2D eigenvalue weighted by Gasteiger charge is 1.97. The van der Waals surface area contributed by atoms with E-state index in [1.807, 2.05) is 6.92 Å². The van der Waals surface area contributed by atoms with Gasteiger partial charge in [-0.05, 0) is 19.8 Å². The Bertz CT molecular complexity index is 147. The first-order chi connectivity index (χ1) is 4.66. The largest absolute Gasteiger partial charge is 0.295 e. The highest BCUT2D eigenvalue weighted by atomic mass is 16.2. The van der Waals surface area contributed by atoms with Crippen LogP contribution in [0.3, 0.4) is 0 Å². The number of carbonyl (C=O) groups excluding carboxylic acids is 2. The smallest absolute Gasteiger partial charge is 0.195 e. The van der Waals surface area contributed by atoms with Gasteiger partial charge in [0.2, 0.25) is 0 Å². The molecule has 10 heavy (non-hydrogen) atoms. The molecule has 0 fully saturated rings. The van der Waals surface area contributed by atoms with Crippen LogP contribution >= 0.6 is 0 Å². The van der Waals surface area contributed by atoms with Gasteiger partial charge in [-0.1, -0.05) is 5.57 Å². The van der Waals surface area contributed by atoms with Crippen molar-refractivity contribution in [3.05, 3.63) is 12.2 Å². The third-order valence-corrected chi connectivity index (χ3v) is 1.16. The summed E-state index contributed by atoms with van der Waals surface area (Å²) in [6.07, 6.45) is 2.31. The fraction of sp³-hybridized carbons (Fsp3) is 0.500. The van der Waals surface area contributed by atoms with Gasteiger partial charge in [0.1, 0.15) is 0 Å². The third-order valence-electron chi connectivity index (χ3n) is 1.16. The summed E-state index contributed by atoms with van der Waals surface area (Å²) in [5, 5.41) is 0. The number of hydrogen-bond donors (Lipinski definition) is 0. The summed E-state index contributed by atoms with van der Waals surface area (Å²) in [6.45, 7) is 5.59. The minimum absolute atomic E-state index is 0.318. The van der Waals surface area contributed by atoms with Gasteiger partial charge in [-0.2, -0.15) is 0 Å². The van der Waals surface area contributed by atoms with Gasteiger partial charge in [0.25, 0.3) is 0 Å². The molecule has 0 aromatic carbocycles. The Morgan fingerprint density at radius 3 is 2.50 bits per heavy atom. The molecule has 0 saturated carbocycles. The first-order valence-electron chi connectivity index (χ1n) is 3.29. The molecule has 0 radical (unpaired) electrons. The van der Waals surface area contributed by atoms with Crippen LogP contribution in [0, 0.1) is 0 Å². The second kappa shape index (κ2) is 4.91. The van der Waals surface area contributed by atoms with Gasteiger partial charge in [-0.15, -0.1) is 6.58 Å². The van der Waals surface area contributed by atoms with Crippen molar-refractivity contribution in [2.75, 3.05) is 0 Å². The lowest BCUT2D eigenvalue weighted by atomic mass is 10.1. The molecule has 2 nitrogen and oxygen atoms in total. The lowest BCUT2D eigenvalue weighted by molar-refractivity contribution is -0.129. The Morgan fingerprint density at radius 2 is 2.10 bits per heavy atom. The van der Waals surface area contributed by atoms with E-state index in [-0.39, 0.29) is 5.78 Å². The average Bonchev–Trinajstić information content (AvgIpc) is 1.87. The van der Waals surface area contributed by atoms with Gasteiger partial charge in [0, 0.05) is 6.42 Å². The molecule has 0 spiro atoms.